The van der Waals surface area contributed by atoms with Gasteiger partial charge in [-0.15, -0.1) is 0 Å². The second-order valence-corrected chi connectivity index (χ2v) is 13.8. The van der Waals surface area contributed by atoms with Gasteiger partial charge in [0.25, 0.3) is 0 Å². The second-order valence-electron chi connectivity index (χ2n) is 3.30. The summed E-state index contributed by atoms with van der Waals surface area (Å²) in [6, 6.07) is 0. The van der Waals surface area contributed by atoms with Crippen molar-refractivity contribution in [3.8, 4) is 0 Å². The Morgan fingerprint density at radius 1 is 1.27 bits per heavy atom. The first-order valence-corrected chi connectivity index (χ1v) is 10.1. The normalized spacial score (nSPS) is 38.9. The molecule has 1 aliphatic heterocycles. The zero-order valence-electron chi connectivity index (χ0n) is 8.28. The monoisotopic (exact) mass is 289 g/mol. The van der Waals surface area contributed by atoms with Gasteiger partial charge in [-0.05, 0) is 0 Å². The minimum absolute atomic E-state index is 0.00374. The standard InChI is InChI=1S/C4H11F5N3P3/c1-4-12(2)14(7)10-13(5,6)15(3,8,9)11-14/h4H2,1-3H3. The van der Waals surface area contributed by atoms with Crippen LogP contribution in [0.5, 0.6) is 0 Å². The van der Waals surface area contributed by atoms with Gasteiger partial charge in [0.1, 0.15) is 0 Å². The Labute approximate surface area is 84.7 Å². The van der Waals surface area contributed by atoms with E-state index in [0.717, 1.165) is 11.7 Å². The van der Waals surface area contributed by atoms with E-state index in [0.29, 0.717) is 0 Å². The molecular weight excluding hydrogens is 278 g/mol. The van der Waals surface area contributed by atoms with Gasteiger partial charge in [0.05, 0.1) is 0 Å². The molecule has 0 aromatic carbocycles. The van der Waals surface area contributed by atoms with Crippen LogP contribution in [0, 0.1) is 0 Å². The molecule has 0 aliphatic carbocycles. The van der Waals surface area contributed by atoms with Crippen LogP contribution in [-0.2, 0) is 0 Å². The van der Waals surface area contributed by atoms with Crippen molar-refractivity contribution in [2.45, 2.75) is 6.92 Å². The molecule has 0 saturated carbocycles. The van der Waals surface area contributed by atoms with Crippen molar-refractivity contribution >= 4 is 22.1 Å². The van der Waals surface area contributed by atoms with Crippen molar-refractivity contribution in [2.75, 3.05) is 20.3 Å². The van der Waals surface area contributed by atoms with E-state index in [1.54, 1.807) is 0 Å². The molecule has 1 unspecified atom stereocenters. The number of hydrogen-bond donors (Lipinski definition) is 0. The third-order valence-electron chi connectivity index (χ3n) is 1.95. The summed E-state index contributed by atoms with van der Waals surface area (Å²) in [4.78, 5) is 0. The minimum atomic E-state index is -6.59. The van der Waals surface area contributed by atoms with Crippen molar-refractivity contribution in [2.24, 2.45) is 9.03 Å². The van der Waals surface area contributed by atoms with Gasteiger partial charge in [-0.1, -0.05) is 0 Å². The van der Waals surface area contributed by atoms with Crippen LogP contribution in [0.25, 0.3) is 0 Å². The van der Waals surface area contributed by atoms with Gasteiger partial charge < -0.3 is 0 Å². The van der Waals surface area contributed by atoms with E-state index in [2.05, 4.69) is 9.03 Å². The summed E-state index contributed by atoms with van der Waals surface area (Å²) in [5, 5.41) is 0. The molecule has 0 amide bonds. The molecule has 1 aliphatic rings. The summed E-state index contributed by atoms with van der Waals surface area (Å²) in [6.45, 7) is 1.53. The molecule has 0 N–H and O–H groups in total. The van der Waals surface area contributed by atoms with Crippen LogP contribution >= 0.6 is 22.1 Å². The molecule has 92 valence electrons. The molecule has 11 heteroatoms. The molecule has 0 radical (unpaired) electrons. The molecule has 0 aromatic rings. The molecule has 1 heterocycles. The Bertz CT molecular complexity index is 392. The van der Waals surface area contributed by atoms with Gasteiger partial charge in [-0.2, -0.15) is 0 Å². The van der Waals surface area contributed by atoms with Crippen LogP contribution in [0.2, 0.25) is 0 Å². The number of hydrogen-bond acceptors (Lipinski definition) is 3. The van der Waals surface area contributed by atoms with E-state index < -0.39 is 22.1 Å². The van der Waals surface area contributed by atoms with Crippen molar-refractivity contribution in [1.82, 2.24) is 4.67 Å². The van der Waals surface area contributed by atoms with Crippen LogP contribution in [0.1, 0.15) is 6.92 Å². The Morgan fingerprint density at radius 3 is 2.00 bits per heavy atom. The van der Waals surface area contributed by atoms with E-state index in [4.69, 9.17) is 0 Å². The fourth-order valence-electron chi connectivity index (χ4n) is 0.858. The summed E-state index contributed by atoms with van der Waals surface area (Å²) >= 11 is 0. The average molecular weight is 289 g/mol. The Kier molecular flexibility index (Phi) is 2.94. The molecule has 3 nitrogen and oxygen atoms in total. The van der Waals surface area contributed by atoms with Crippen LogP contribution in [0.3, 0.4) is 0 Å². The van der Waals surface area contributed by atoms with Crippen molar-refractivity contribution in [3.05, 3.63) is 0 Å². The van der Waals surface area contributed by atoms with Crippen LogP contribution in [0.15, 0.2) is 9.03 Å². The van der Waals surface area contributed by atoms with E-state index in [1.807, 2.05) is 0 Å². The molecule has 15 heavy (non-hydrogen) atoms. The van der Waals surface area contributed by atoms with Crippen LogP contribution < -0.4 is 0 Å². The molecule has 1 rings (SSSR count). The number of rotatable bonds is 2. The van der Waals surface area contributed by atoms with Gasteiger partial charge in [-0.3, -0.25) is 0 Å². The van der Waals surface area contributed by atoms with E-state index >= 15 is 0 Å². The summed E-state index contributed by atoms with van der Waals surface area (Å²) < 4.78 is 72.1. The van der Waals surface area contributed by atoms with Crippen molar-refractivity contribution in [3.63, 3.8) is 0 Å². The summed E-state index contributed by atoms with van der Waals surface area (Å²) in [6.07, 6.45) is 0. The Hall–Kier alpha value is 0.500. The fourth-order valence-corrected chi connectivity index (χ4v) is 11.3. The zero-order valence-corrected chi connectivity index (χ0v) is 11.0. The summed E-state index contributed by atoms with van der Waals surface area (Å²) in [5.41, 5.74) is 0. The van der Waals surface area contributed by atoms with Crippen LogP contribution in [0.4, 0.5) is 21.0 Å². The van der Waals surface area contributed by atoms with E-state index in [9.17, 15) is 21.0 Å². The quantitative estimate of drug-likeness (QED) is 0.479. The van der Waals surface area contributed by atoms with Gasteiger partial charge in [-0.25, -0.2) is 0 Å². The van der Waals surface area contributed by atoms with Crippen molar-refractivity contribution < 1.29 is 21.0 Å². The maximum atomic E-state index is 13.7. The topological polar surface area (TPSA) is 28.0 Å². The molecule has 1 atom stereocenters. The van der Waals surface area contributed by atoms with Gasteiger partial charge in [0.15, 0.2) is 0 Å². The van der Waals surface area contributed by atoms with E-state index in [-0.39, 0.29) is 13.2 Å². The first kappa shape index (κ1) is 13.6. The predicted molar refractivity (Wildman–Crippen MR) is 55.4 cm³/mol. The van der Waals surface area contributed by atoms with Crippen LogP contribution in [-0.4, -0.2) is 24.9 Å². The zero-order chi connectivity index (χ0) is 12.1. The third kappa shape index (κ3) is 2.02. The van der Waals surface area contributed by atoms with Gasteiger partial charge in [0, 0.05) is 0 Å². The molecule has 0 saturated heterocycles. The summed E-state index contributed by atoms with van der Waals surface area (Å²) in [7, 11) is -15.9. The van der Waals surface area contributed by atoms with E-state index in [1.165, 1.54) is 6.92 Å². The van der Waals surface area contributed by atoms with Gasteiger partial charge in [0.2, 0.25) is 0 Å². The molecule has 0 fully saturated rings. The SMILES string of the molecule is CCN(C)P1(F)=NP(C)(F)(F)P(F)(F)=N1. The fraction of sp³-hybridized carbons (Fsp3) is 1.00. The summed E-state index contributed by atoms with van der Waals surface area (Å²) in [5.74, 6) is 0. The Balaban J connectivity index is 3.44. The number of halogens is 5. The molecule has 0 bridgehead atoms. The second kappa shape index (κ2) is 3.25. The predicted octanol–water partition coefficient (Wildman–Crippen LogP) is 5.62. The maximum absolute atomic E-state index is 13.7. The third-order valence-corrected chi connectivity index (χ3v) is 13.0. The average Bonchev–Trinajstić information content (AvgIpc) is 2.11. The first-order valence-electron chi connectivity index (χ1n) is 3.96. The van der Waals surface area contributed by atoms with Gasteiger partial charge >= 0.3 is 84.0 Å². The molecule has 0 aromatic heterocycles. The molecular formula is C4H11F5N3P3. The molecule has 0 spiro atoms. The van der Waals surface area contributed by atoms with Crippen molar-refractivity contribution in [1.29, 1.82) is 0 Å². The first-order chi connectivity index (χ1) is 6.42. The Morgan fingerprint density at radius 2 is 1.73 bits per heavy atom. The number of nitrogens with zero attached hydrogens (tertiary/aromatic N) is 3.